The normalized spacial score (nSPS) is 14.2. The number of nitrogens with zero attached hydrogens (tertiary/aromatic N) is 4. The second kappa shape index (κ2) is 9.58. The first-order chi connectivity index (χ1) is 15.9. The van der Waals surface area contributed by atoms with Gasteiger partial charge in [-0.2, -0.15) is 0 Å². The molecular formula is C24H26FN5O3. The van der Waals surface area contributed by atoms with Crippen molar-refractivity contribution in [3.63, 3.8) is 0 Å². The number of Topliss-reactive ketones (excluding diaryl/α,β-unsaturated/α-hetero) is 1. The van der Waals surface area contributed by atoms with Gasteiger partial charge in [-0.05, 0) is 68.5 Å². The predicted molar refractivity (Wildman–Crippen MR) is 120 cm³/mol. The van der Waals surface area contributed by atoms with E-state index in [2.05, 4.69) is 20.5 Å². The Bertz CT molecular complexity index is 1190. The number of carbonyl (C=O) groups excluding carboxylic acids is 2. The van der Waals surface area contributed by atoms with E-state index in [-0.39, 0.29) is 42.2 Å². The monoisotopic (exact) mass is 451 g/mol. The summed E-state index contributed by atoms with van der Waals surface area (Å²) in [6.07, 6.45) is 4.10. The van der Waals surface area contributed by atoms with E-state index >= 15 is 0 Å². The van der Waals surface area contributed by atoms with E-state index in [1.165, 1.54) is 12.1 Å². The largest absolute Gasteiger partial charge is 0.396 e. The van der Waals surface area contributed by atoms with Crippen molar-refractivity contribution in [1.82, 2.24) is 19.7 Å². The van der Waals surface area contributed by atoms with Gasteiger partial charge in [-0.25, -0.2) is 9.37 Å². The topological polar surface area (TPSA) is 110 Å². The van der Waals surface area contributed by atoms with Crippen LogP contribution in [0.1, 0.15) is 53.7 Å². The van der Waals surface area contributed by atoms with Crippen LogP contribution >= 0.6 is 0 Å². The molecule has 1 amide bonds. The number of benzene rings is 1. The van der Waals surface area contributed by atoms with Gasteiger partial charge in [-0.3, -0.25) is 9.59 Å². The summed E-state index contributed by atoms with van der Waals surface area (Å²) in [7, 11) is 0. The molecule has 0 bridgehead atoms. The van der Waals surface area contributed by atoms with Crippen LogP contribution < -0.4 is 5.32 Å². The minimum atomic E-state index is -0.652. The highest BCUT2D eigenvalue weighted by Crippen LogP contribution is 2.31. The van der Waals surface area contributed by atoms with E-state index in [0.29, 0.717) is 29.1 Å². The molecule has 2 heterocycles. The van der Waals surface area contributed by atoms with Gasteiger partial charge in [-0.15, -0.1) is 10.2 Å². The maximum absolute atomic E-state index is 14.6. The molecule has 4 rings (SSSR count). The number of nitrogens with one attached hydrogen (secondary N) is 1. The zero-order valence-corrected chi connectivity index (χ0v) is 18.6. The molecule has 1 aromatic carbocycles. The first kappa shape index (κ1) is 22.7. The first-order valence-electron chi connectivity index (χ1n) is 11.0. The van der Waals surface area contributed by atoms with Crippen LogP contribution in [0.2, 0.25) is 0 Å². The third-order valence-corrected chi connectivity index (χ3v) is 5.88. The van der Waals surface area contributed by atoms with E-state index in [9.17, 15) is 19.1 Å². The molecule has 2 aromatic heterocycles. The number of anilines is 1. The smallest absolute Gasteiger partial charge is 0.259 e. The average molecular weight is 452 g/mol. The standard InChI is InChI=1S/C24H26FN5O3/c1-14-10-19(25)18(11-17(14)12-21(32)16-6-7-16)24(33)28-22-5-3-4-20(27-22)23-29-26-13-30(23)15(2)8-9-31/h3-5,10-11,13,15-16,31H,6-9,12H2,1-2H3,(H,27,28,33)/t15-/m1/s1. The predicted octanol–water partition coefficient (Wildman–Crippen LogP) is 3.50. The van der Waals surface area contributed by atoms with Gasteiger partial charge < -0.3 is 15.0 Å². The Labute approximate surface area is 190 Å². The van der Waals surface area contributed by atoms with Crippen molar-refractivity contribution >= 4 is 17.5 Å². The highest BCUT2D eigenvalue weighted by Gasteiger charge is 2.30. The van der Waals surface area contributed by atoms with Crippen LogP contribution in [0.5, 0.6) is 0 Å². The minimum absolute atomic E-state index is 0.0265. The molecule has 9 heteroatoms. The molecule has 3 aromatic rings. The van der Waals surface area contributed by atoms with E-state index in [1.54, 1.807) is 36.0 Å². The number of hydrogen-bond donors (Lipinski definition) is 2. The van der Waals surface area contributed by atoms with Crippen LogP contribution in [0.15, 0.2) is 36.7 Å². The SMILES string of the molecule is Cc1cc(F)c(C(=O)Nc2cccc(-c3nncn3[C@H](C)CCO)n2)cc1CC(=O)C1CC1. The fraction of sp³-hybridized carbons (Fsp3) is 0.375. The van der Waals surface area contributed by atoms with E-state index < -0.39 is 11.7 Å². The van der Waals surface area contributed by atoms with Gasteiger partial charge >= 0.3 is 0 Å². The van der Waals surface area contributed by atoms with E-state index in [4.69, 9.17) is 0 Å². The van der Waals surface area contributed by atoms with Crippen molar-refractivity contribution in [2.24, 2.45) is 5.92 Å². The average Bonchev–Trinajstić information content (AvgIpc) is 3.52. The summed E-state index contributed by atoms with van der Waals surface area (Å²) >= 11 is 0. The Morgan fingerprint density at radius 1 is 1.30 bits per heavy atom. The molecular weight excluding hydrogens is 425 g/mol. The van der Waals surface area contributed by atoms with Gasteiger partial charge in [0.25, 0.3) is 5.91 Å². The molecule has 0 unspecified atom stereocenters. The number of hydrogen-bond acceptors (Lipinski definition) is 6. The van der Waals surface area contributed by atoms with Gasteiger partial charge in [0.05, 0.1) is 5.56 Å². The third-order valence-electron chi connectivity index (χ3n) is 5.88. The highest BCUT2D eigenvalue weighted by molar-refractivity contribution is 6.04. The number of aliphatic hydroxyl groups excluding tert-OH is 1. The Hall–Kier alpha value is -3.46. The van der Waals surface area contributed by atoms with Crippen molar-refractivity contribution in [2.45, 2.75) is 45.6 Å². The lowest BCUT2D eigenvalue weighted by atomic mass is 9.98. The summed E-state index contributed by atoms with van der Waals surface area (Å²) in [5, 5.41) is 19.9. The number of aryl methyl sites for hydroxylation is 1. The number of aromatic nitrogens is 4. The number of pyridine rings is 1. The van der Waals surface area contributed by atoms with E-state index in [0.717, 1.165) is 12.8 Å². The van der Waals surface area contributed by atoms with Gasteiger partial charge in [0, 0.05) is 25.0 Å². The second-order valence-corrected chi connectivity index (χ2v) is 8.46. The molecule has 1 saturated carbocycles. The third kappa shape index (κ3) is 5.14. The Kier molecular flexibility index (Phi) is 6.60. The summed E-state index contributed by atoms with van der Waals surface area (Å²) in [5.41, 5.74) is 1.65. The van der Waals surface area contributed by atoms with Crippen LogP contribution in [0.4, 0.5) is 10.2 Å². The molecule has 2 N–H and O–H groups in total. The van der Waals surface area contributed by atoms with E-state index in [1.807, 2.05) is 6.92 Å². The molecule has 1 fully saturated rings. The van der Waals surface area contributed by atoms with Crippen LogP contribution in [-0.2, 0) is 11.2 Å². The summed E-state index contributed by atoms with van der Waals surface area (Å²) in [5.74, 6) is -0.341. The molecule has 0 spiro atoms. The lowest BCUT2D eigenvalue weighted by Crippen LogP contribution is -2.17. The number of carbonyl (C=O) groups is 2. The second-order valence-electron chi connectivity index (χ2n) is 8.46. The van der Waals surface area contributed by atoms with Crippen molar-refractivity contribution in [3.8, 4) is 11.5 Å². The molecule has 1 atom stereocenters. The number of rotatable bonds is 9. The lowest BCUT2D eigenvalue weighted by Gasteiger charge is -2.14. The Balaban J connectivity index is 1.55. The summed E-state index contributed by atoms with van der Waals surface area (Å²) in [4.78, 5) is 29.5. The Morgan fingerprint density at radius 3 is 2.82 bits per heavy atom. The van der Waals surface area contributed by atoms with Crippen molar-refractivity contribution in [3.05, 3.63) is 59.2 Å². The summed E-state index contributed by atoms with van der Waals surface area (Å²) in [6, 6.07) is 7.74. The molecule has 8 nitrogen and oxygen atoms in total. The van der Waals surface area contributed by atoms with Gasteiger partial charge in [0.2, 0.25) is 0 Å². The molecule has 0 aliphatic heterocycles. The zero-order chi connectivity index (χ0) is 23.5. The molecule has 0 radical (unpaired) electrons. The van der Waals surface area contributed by atoms with Crippen LogP contribution in [0.25, 0.3) is 11.5 Å². The minimum Gasteiger partial charge on any atom is -0.396 e. The zero-order valence-electron chi connectivity index (χ0n) is 18.6. The number of halogens is 1. The van der Waals surface area contributed by atoms with Gasteiger partial charge in [0.15, 0.2) is 5.82 Å². The Morgan fingerprint density at radius 2 is 2.09 bits per heavy atom. The van der Waals surface area contributed by atoms with Crippen molar-refractivity contribution < 1.29 is 19.1 Å². The van der Waals surface area contributed by atoms with Crippen molar-refractivity contribution in [1.29, 1.82) is 0 Å². The fourth-order valence-electron chi connectivity index (χ4n) is 3.71. The lowest BCUT2D eigenvalue weighted by molar-refractivity contribution is -0.119. The van der Waals surface area contributed by atoms with Gasteiger partial charge in [-0.1, -0.05) is 6.07 Å². The van der Waals surface area contributed by atoms with Gasteiger partial charge in [0.1, 0.15) is 29.4 Å². The van der Waals surface area contributed by atoms with Crippen molar-refractivity contribution in [2.75, 3.05) is 11.9 Å². The molecule has 1 aliphatic rings. The number of ketones is 1. The van der Waals surface area contributed by atoms with Crippen LogP contribution in [0.3, 0.4) is 0 Å². The van der Waals surface area contributed by atoms with Crippen LogP contribution in [0, 0.1) is 18.7 Å². The summed E-state index contributed by atoms with van der Waals surface area (Å²) in [6.45, 7) is 3.69. The molecule has 33 heavy (non-hydrogen) atoms. The quantitative estimate of drug-likeness (QED) is 0.515. The summed E-state index contributed by atoms with van der Waals surface area (Å²) < 4.78 is 16.4. The maximum atomic E-state index is 14.6. The number of aliphatic hydroxyl groups is 1. The fourth-order valence-corrected chi connectivity index (χ4v) is 3.71. The first-order valence-corrected chi connectivity index (χ1v) is 11.0. The molecule has 0 saturated heterocycles. The highest BCUT2D eigenvalue weighted by atomic mass is 19.1. The number of amides is 1. The molecule has 172 valence electrons. The maximum Gasteiger partial charge on any atom is 0.259 e. The molecule has 1 aliphatic carbocycles. The van der Waals surface area contributed by atoms with Crippen LogP contribution in [-0.4, -0.2) is 43.2 Å².